The number of hydrogen-bond acceptors (Lipinski definition) is 4. The minimum atomic E-state index is -0.463. The first kappa shape index (κ1) is 22.6. The maximum atomic E-state index is 15.3. The molecule has 1 amide bonds. The van der Waals surface area contributed by atoms with Crippen molar-refractivity contribution < 1.29 is 9.18 Å². The molecule has 2 heterocycles. The fraction of sp³-hybridized carbons (Fsp3) is 0.407. The van der Waals surface area contributed by atoms with Crippen molar-refractivity contribution in [1.29, 1.82) is 0 Å². The lowest BCUT2D eigenvalue weighted by Gasteiger charge is -2.35. The molecule has 2 aliphatic rings. The number of rotatable bonds is 5. The van der Waals surface area contributed by atoms with Gasteiger partial charge in [-0.3, -0.25) is 9.59 Å². The summed E-state index contributed by atoms with van der Waals surface area (Å²) in [5.41, 5.74) is 3.45. The van der Waals surface area contributed by atoms with Crippen LogP contribution in [0.1, 0.15) is 47.3 Å². The molecule has 0 bridgehead atoms. The van der Waals surface area contributed by atoms with E-state index in [9.17, 15) is 9.59 Å². The van der Waals surface area contributed by atoms with E-state index < -0.39 is 17.2 Å². The van der Waals surface area contributed by atoms with Crippen LogP contribution in [0.5, 0.6) is 0 Å². The standard InChI is InChI=1S/C27H31FN4O2/c1-4-30-9-11-31(12-10-30)25-15-24-20(14-22(25)28)26(33)21(16-32(24)19-7-8-19)27(34)29-23-13-17(2)5-6-18(23)3/h5-6,13-16,19H,4,7-12H2,1-3H3,(H,29,34). The van der Waals surface area contributed by atoms with Crippen molar-refractivity contribution in [2.24, 2.45) is 0 Å². The molecule has 1 aliphatic heterocycles. The van der Waals surface area contributed by atoms with Gasteiger partial charge in [-0.05, 0) is 62.6 Å². The third-order valence-corrected chi connectivity index (χ3v) is 7.09. The molecule has 1 N–H and O–H groups in total. The first-order valence-corrected chi connectivity index (χ1v) is 12.1. The highest BCUT2D eigenvalue weighted by molar-refractivity contribution is 6.06. The second-order valence-electron chi connectivity index (χ2n) is 9.52. The average molecular weight is 463 g/mol. The second-order valence-corrected chi connectivity index (χ2v) is 9.52. The first-order valence-electron chi connectivity index (χ1n) is 12.1. The smallest absolute Gasteiger partial charge is 0.261 e. The Labute approximate surface area is 199 Å². The summed E-state index contributed by atoms with van der Waals surface area (Å²) in [5.74, 6) is -0.876. The Morgan fingerprint density at radius 3 is 2.50 bits per heavy atom. The van der Waals surface area contributed by atoms with Crippen LogP contribution in [-0.4, -0.2) is 48.1 Å². The molecule has 34 heavy (non-hydrogen) atoms. The molecule has 3 aromatic rings. The Bertz CT molecular complexity index is 1320. The van der Waals surface area contributed by atoms with Crippen molar-refractivity contribution in [1.82, 2.24) is 9.47 Å². The van der Waals surface area contributed by atoms with E-state index in [0.29, 0.717) is 16.9 Å². The van der Waals surface area contributed by atoms with Gasteiger partial charge in [-0.25, -0.2) is 4.39 Å². The van der Waals surface area contributed by atoms with E-state index in [1.165, 1.54) is 6.07 Å². The molecule has 0 unspecified atom stereocenters. The molecule has 1 saturated carbocycles. The maximum Gasteiger partial charge on any atom is 0.261 e. The molecule has 178 valence electrons. The molecule has 1 aromatic heterocycles. The van der Waals surface area contributed by atoms with Crippen LogP contribution in [-0.2, 0) is 0 Å². The van der Waals surface area contributed by atoms with Crippen LogP contribution in [0.2, 0.25) is 0 Å². The fourth-order valence-corrected chi connectivity index (χ4v) is 4.78. The Balaban J connectivity index is 1.55. The summed E-state index contributed by atoms with van der Waals surface area (Å²) < 4.78 is 17.3. The second kappa shape index (κ2) is 8.87. The molecule has 2 aromatic carbocycles. The van der Waals surface area contributed by atoms with Crippen molar-refractivity contribution in [3.63, 3.8) is 0 Å². The van der Waals surface area contributed by atoms with E-state index in [1.54, 1.807) is 12.3 Å². The van der Waals surface area contributed by atoms with Crippen molar-refractivity contribution >= 4 is 28.2 Å². The third-order valence-electron chi connectivity index (χ3n) is 7.09. The van der Waals surface area contributed by atoms with E-state index in [4.69, 9.17) is 0 Å². The number of aromatic nitrogens is 1. The summed E-state index contributed by atoms with van der Waals surface area (Å²) >= 11 is 0. The van der Waals surface area contributed by atoms with Gasteiger partial charge >= 0.3 is 0 Å². The zero-order valence-electron chi connectivity index (χ0n) is 20.0. The monoisotopic (exact) mass is 462 g/mol. The molecule has 0 atom stereocenters. The Hall–Kier alpha value is -3.19. The number of piperazine rings is 1. The lowest BCUT2D eigenvalue weighted by atomic mass is 10.1. The predicted molar refractivity (Wildman–Crippen MR) is 135 cm³/mol. The number of hydrogen-bond donors (Lipinski definition) is 1. The number of amides is 1. The van der Waals surface area contributed by atoms with Gasteiger partial charge in [0.15, 0.2) is 0 Å². The van der Waals surface area contributed by atoms with Crippen LogP contribution in [0.15, 0.2) is 41.3 Å². The van der Waals surface area contributed by atoms with Crippen LogP contribution in [0, 0.1) is 19.7 Å². The minimum absolute atomic E-state index is 0.0454. The molecule has 0 radical (unpaired) electrons. The lowest BCUT2D eigenvalue weighted by Crippen LogP contribution is -2.46. The lowest BCUT2D eigenvalue weighted by molar-refractivity contribution is 0.102. The molecule has 1 saturated heterocycles. The number of carbonyl (C=O) groups excluding carboxylic acids is 1. The van der Waals surface area contributed by atoms with E-state index in [0.717, 1.165) is 56.7 Å². The van der Waals surface area contributed by atoms with E-state index in [-0.39, 0.29) is 17.0 Å². The van der Waals surface area contributed by atoms with Crippen LogP contribution in [0.4, 0.5) is 15.8 Å². The highest BCUT2D eigenvalue weighted by atomic mass is 19.1. The topological polar surface area (TPSA) is 57.6 Å². The van der Waals surface area contributed by atoms with Crippen LogP contribution < -0.4 is 15.6 Å². The van der Waals surface area contributed by atoms with Gasteiger partial charge in [0, 0.05) is 49.5 Å². The van der Waals surface area contributed by atoms with E-state index in [1.807, 2.05) is 36.6 Å². The maximum absolute atomic E-state index is 15.3. The molecule has 6 nitrogen and oxygen atoms in total. The van der Waals surface area contributed by atoms with Crippen LogP contribution in [0.3, 0.4) is 0 Å². The SMILES string of the molecule is CCN1CCN(c2cc3c(cc2F)c(=O)c(C(=O)Nc2cc(C)ccc2C)cn3C2CC2)CC1. The molecule has 5 rings (SSSR count). The van der Waals surface area contributed by atoms with Gasteiger partial charge in [0.2, 0.25) is 5.43 Å². The summed E-state index contributed by atoms with van der Waals surface area (Å²) in [4.78, 5) is 30.9. The number of anilines is 2. The van der Waals surface area contributed by atoms with Gasteiger partial charge in [0.05, 0.1) is 11.2 Å². The van der Waals surface area contributed by atoms with Gasteiger partial charge in [-0.2, -0.15) is 0 Å². The third kappa shape index (κ3) is 4.20. The summed E-state index contributed by atoms with van der Waals surface area (Å²) in [5, 5.41) is 3.15. The van der Waals surface area contributed by atoms with Crippen molar-refractivity contribution in [3.8, 4) is 0 Å². The number of pyridine rings is 1. The number of carbonyl (C=O) groups is 1. The zero-order valence-corrected chi connectivity index (χ0v) is 20.0. The normalized spacial score (nSPS) is 16.8. The van der Waals surface area contributed by atoms with Crippen LogP contribution in [0.25, 0.3) is 10.9 Å². The number of halogens is 1. The summed E-state index contributed by atoms with van der Waals surface area (Å²) in [7, 11) is 0. The minimum Gasteiger partial charge on any atom is -0.367 e. The zero-order chi connectivity index (χ0) is 24.0. The predicted octanol–water partition coefficient (Wildman–Crippen LogP) is 4.49. The Morgan fingerprint density at radius 2 is 1.82 bits per heavy atom. The number of aryl methyl sites for hydroxylation is 2. The van der Waals surface area contributed by atoms with Crippen molar-refractivity contribution in [2.75, 3.05) is 42.9 Å². The summed E-state index contributed by atoms with van der Waals surface area (Å²) in [6, 6.07) is 9.16. The van der Waals surface area contributed by atoms with Crippen LogP contribution >= 0.6 is 0 Å². The highest BCUT2D eigenvalue weighted by Gasteiger charge is 2.28. The Kier molecular flexibility index (Phi) is 5.90. The van der Waals surface area contributed by atoms with Gasteiger partial charge in [0.25, 0.3) is 5.91 Å². The number of likely N-dealkylation sites (N-methyl/N-ethyl adjacent to an activating group) is 1. The van der Waals surface area contributed by atoms with Gasteiger partial charge < -0.3 is 19.7 Å². The number of benzene rings is 2. The molecule has 0 spiro atoms. The summed E-state index contributed by atoms with van der Waals surface area (Å²) in [6.45, 7) is 10.3. The molecule has 7 heteroatoms. The quantitative estimate of drug-likeness (QED) is 0.607. The average Bonchev–Trinajstić information content (AvgIpc) is 3.67. The molecule has 1 aliphatic carbocycles. The van der Waals surface area contributed by atoms with Gasteiger partial charge in [0.1, 0.15) is 11.4 Å². The van der Waals surface area contributed by atoms with E-state index in [2.05, 4.69) is 22.0 Å². The number of nitrogens with zero attached hydrogens (tertiary/aromatic N) is 3. The Morgan fingerprint density at radius 1 is 1.09 bits per heavy atom. The molecule has 2 fully saturated rings. The highest BCUT2D eigenvalue weighted by Crippen LogP contribution is 2.38. The van der Waals surface area contributed by atoms with Crippen molar-refractivity contribution in [2.45, 2.75) is 39.7 Å². The largest absolute Gasteiger partial charge is 0.367 e. The number of nitrogens with one attached hydrogen (secondary N) is 1. The summed E-state index contributed by atoms with van der Waals surface area (Å²) in [6.07, 6.45) is 3.63. The van der Waals surface area contributed by atoms with Gasteiger partial charge in [-0.15, -0.1) is 0 Å². The molecular weight excluding hydrogens is 431 g/mol. The first-order chi connectivity index (χ1) is 16.4. The van der Waals surface area contributed by atoms with Gasteiger partial charge in [-0.1, -0.05) is 19.1 Å². The number of fused-ring (bicyclic) bond motifs is 1. The molecular formula is C27H31FN4O2. The fourth-order valence-electron chi connectivity index (χ4n) is 4.78. The van der Waals surface area contributed by atoms with Crippen molar-refractivity contribution in [3.05, 3.63) is 69.3 Å². The van der Waals surface area contributed by atoms with E-state index >= 15 is 4.39 Å².